The first-order chi connectivity index (χ1) is 30.5. The van der Waals surface area contributed by atoms with Gasteiger partial charge in [0.15, 0.2) is 0 Å². The molecule has 2 bridgehead atoms. The number of cyclic esters (lactones) is 1. The Balaban J connectivity index is 1.43. The number of rotatable bonds is 9. The Kier molecular flexibility index (Phi) is 18.9. The zero-order valence-corrected chi connectivity index (χ0v) is 39.5. The predicted octanol–water partition coefficient (Wildman–Crippen LogP) is 7.26. The number of nitrogens with zero attached hydrogens (tertiary/aromatic N) is 1. The summed E-state index contributed by atoms with van der Waals surface area (Å²) in [5.41, 5.74) is 9.42. The number of carbonyl (C=O) groups is 4. The number of carbonyl (C=O) groups excluding carboxylic acids is 4. The van der Waals surface area contributed by atoms with Crippen molar-refractivity contribution in [1.82, 2.24) is 4.90 Å². The first kappa shape index (κ1) is 51.3. The number of aliphatic hydroxyl groups is 1. The van der Waals surface area contributed by atoms with Gasteiger partial charge in [0.1, 0.15) is 29.8 Å². The van der Waals surface area contributed by atoms with E-state index in [0.717, 1.165) is 29.6 Å². The number of phenols is 1. The highest BCUT2D eigenvalue weighted by Crippen LogP contribution is 2.39. The molecular weight excluding hydrogens is 817 g/mol. The topological polar surface area (TPSA) is 184 Å². The van der Waals surface area contributed by atoms with Crippen molar-refractivity contribution in [1.29, 1.82) is 0 Å². The summed E-state index contributed by atoms with van der Waals surface area (Å²) in [6, 6.07) is 5.73. The molecular formula is C51H76N2O11. The maximum Gasteiger partial charge on any atom is 0.329 e. The number of amides is 1. The number of hydrogen-bond donors (Lipinski definition) is 3. The Labute approximate surface area is 381 Å². The molecule has 1 aromatic carbocycles. The Morgan fingerprint density at radius 1 is 0.953 bits per heavy atom. The van der Waals surface area contributed by atoms with Crippen LogP contribution in [0.15, 0.2) is 53.6 Å². The largest absolute Gasteiger partial charge is 0.508 e. The Morgan fingerprint density at radius 3 is 2.34 bits per heavy atom. The maximum atomic E-state index is 14.5. The van der Waals surface area contributed by atoms with Crippen LogP contribution in [0.25, 0.3) is 6.08 Å². The highest BCUT2D eigenvalue weighted by molar-refractivity contribution is 6.39. The third kappa shape index (κ3) is 13.0. The summed E-state index contributed by atoms with van der Waals surface area (Å²) in [7, 11) is 3.11. The maximum absolute atomic E-state index is 14.5. The van der Waals surface area contributed by atoms with Gasteiger partial charge in [-0.2, -0.15) is 0 Å². The van der Waals surface area contributed by atoms with Crippen molar-refractivity contribution in [2.24, 2.45) is 35.3 Å². The lowest BCUT2D eigenvalue weighted by Crippen LogP contribution is -2.64. The van der Waals surface area contributed by atoms with Crippen LogP contribution in [-0.2, 0) is 42.9 Å². The molecule has 356 valence electrons. The van der Waals surface area contributed by atoms with Crippen LogP contribution in [0.4, 0.5) is 0 Å². The van der Waals surface area contributed by atoms with Gasteiger partial charge in [0.05, 0.1) is 24.9 Å². The van der Waals surface area contributed by atoms with Gasteiger partial charge in [0, 0.05) is 45.1 Å². The zero-order valence-electron chi connectivity index (χ0n) is 39.5. The minimum Gasteiger partial charge on any atom is -0.508 e. The number of phenolic OH excluding ortho intramolecular Hbond substituents is 1. The molecule has 0 radical (unpaired) electrons. The number of esters is 1. The van der Waals surface area contributed by atoms with Crippen LogP contribution in [0.3, 0.4) is 0 Å². The molecule has 1 amide bonds. The van der Waals surface area contributed by atoms with Gasteiger partial charge >= 0.3 is 5.97 Å². The highest BCUT2D eigenvalue weighted by atomic mass is 16.7. The van der Waals surface area contributed by atoms with Gasteiger partial charge in [-0.1, -0.05) is 69.7 Å². The van der Waals surface area contributed by atoms with Crippen LogP contribution in [0, 0.1) is 29.6 Å². The molecule has 1 aliphatic carbocycles. The lowest BCUT2D eigenvalue weighted by atomic mass is 9.81. The van der Waals surface area contributed by atoms with E-state index >= 15 is 0 Å². The predicted molar refractivity (Wildman–Crippen MR) is 245 cm³/mol. The fourth-order valence-corrected chi connectivity index (χ4v) is 10.3. The third-order valence-electron chi connectivity index (χ3n) is 14.2. The number of ether oxygens (including phenoxy) is 5. The van der Waals surface area contributed by atoms with Crippen molar-refractivity contribution in [3.63, 3.8) is 0 Å². The summed E-state index contributed by atoms with van der Waals surface area (Å²) < 4.78 is 30.8. The van der Waals surface area contributed by atoms with Gasteiger partial charge < -0.3 is 44.5 Å². The first-order valence-electron chi connectivity index (χ1n) is 23.7. The van der Waals surface area contributed by atoms with Gasteiger partial charge in [0.2, 0.25) is 5.79 Å². The number of fused-ring (bicyclic) bond motifs is 3. The molecule has 4 aliphatic rings. The van der Waals surface area contributed by atoms with Gasteiger partial charge in [-0.25, -0.2) is 4.79 Å². The molecule has 13 unspecified atom stereocenters. The summed E-state index contributed by atoms with van der Waals surface area (Å²) in [6.07, 6.45) is 11.8. The van der Waals surface area contributed by atoms with Crippen molar-refractivity contribution in [3.05, 3.63) is 59.2 Å². The molecule has 0 aromatic heterocycles. The monoisotopic (exact) mass is 893 g/mol. The second kappa shape index (κ2) is 23.6. The summed E-state index contributed by atoms with van der Waals surface area (Å²) in [6.45, 7) is 12.3. The van der Waals surface area contributed by atoms with Gasteiger partial charge in [-0.05, 0) is 125 Å². The Bertz CT molecular complexity index is 1830. The van der Waals surface area contributed by atoms with E-state index in [1.54, 1.807) is 33.3 Å². The Morgan fingerprint density at radius 2 is 1.66 bits per heavy atom. The Hall–Kier alpha value is -3.72. The number of piperidine rings is 1. The SMILES string of the molecule is CCC1C=C(C)CC(C)CC(OC)C2OC(O)(C(=O)C(=O)N3CCCCC3C(=O)OC(C(C)=CC3CCC(N)C(OCC=Cc4ccc(O)cc4)C3)C(C)CCC1=O)C(C)CC2OC. The second-order valence-corrected chi connectivity index (χ2v) is 19.2. The van der Waals surface area contributed by atoms with E-state index in [0.29, 0.717) is 58.0 Å². The van der Waals surface area contributed by atoms with Crippen molar-refractivity contribution >= 4 is 29.5 Å². The zero-order chi connectivity index (χ0) is 46.7. The summed E-state index contributed by atoms with van der Waals surface area (Å²) in [5, 5.41) is 21.7. The number of methoxy groups -OCH3 is 2. The minimum atomic E-state index is -2.48. The number of nitrogens with two attached hydrogens (primary N) is 1. The standard InChI is InChI=1S/C51H76N2O11/c1-9-38-26-31(2)25-32(3)27-44(60-7)47-45(61-8)29-35(6)51(59,64-47)48(56)49(57)53-23-11-10-14-41(53)50(58)63-46(33(4)15-22-42(38)55)34(5)28-37-18-21-40(52)43(30-37)62-24-12-13-36-16-19-39(54)20-17-36/h12-13,16-17,19-20,26,28,32-33,35,37-38,40-41,43-47,54,59H,9-11,14-15,18,21-25,27,29-30,52H2,1-8H3. The van der Waals surface area contributed by atoms with E-state index in [-0.39, 0.29) is 66.7 Å². The quantitative estimate of drug-likeness (QED) is 0.128. The molecule has 64 heavy (non-hydrogen) atoms. The average Bonchev–Trinajstić information content (AvgIpc) is 3.28. The van der Waals surface area contributed by atoms with Gasteiger partial charge in [-0.3, -0.25) is 14.4 Å². The molecule has 5 rings (SSSR count). The van der Waals surface area contributed by atoms with Crippen molar-refractivity contribution in [2.45, 2.75) is 167 Å². The molecule has 3 fully saturated rings. The summed E-state index contributed by atoms with van der Waals surface area (Å²) in [5.74, 6) is -6.05. The molecule has 4 N–H and O–H groups in total. The molecule has 0 spiro atoms. The van der Waals surface area contributed by atoms with Crippen LogP contribution in [0.5, 0.6) is 5.75 Å². The molecule has 13 atom stereocenters. The number of benzene rings is 1. The first-order valence-corrected chi connectivity index (χ1v) is 23.7. The van der Waals surface area contributed by atoms with Crippen molar-refractivity contribution in [2.75, 3.05) is 27.4 Å². The van der Waals surface area contributed by atoms with Crippen molar-refractivity contribution < 1.29 is 53.1 Å². The molecule has 1 aromatic rings. The lowest BCUT2D eigenvalue weighted by Gasteiger charge is -2.47. The molecule has 1 saturated carbocycles. The van der Waals surface area contributed by atoms with Gasteiger partial charge in [0.25, 0.3) is 11.7 Å². The highest BCUT2D eigenvalue weighted by Gasteiger charge is 2.56. The van der Waals surface area contributed by atoms with E-state index in [9.17, 15) is 29.4 Å². The lowest BCUT2D eigenvalue weighted by molar-refractivity contribution is -0.302. The second-order valence-electron chi connectivity index (χ2n) is 19.2. The molecule has 2 saturated heterocycles. The fraction of sp³-hybridized carbons (Fsp3) is 0.686. The molecule has 3 heterocycles. The minimum absolute atomic E-state index is 0.0803. The van der Waals surface area contributed by atoms with Crippen LogP contribution < -0.4 is 5.73 Å². The fourth-order valence-electron chi connectivity index (χ4n) is 10.3. The van der Waals surface area contributed by atoms with E-state index in [4.69, 9.17) is 29.4 Å². The number of allylic oxidation sites excluding steroid dienone is 3. The van der Waals surface area contributed by atoms with E-state index in [2.05, 4.69) is 19.1 Å². The number of ketones is 2. The molecule has 13 nitrogen and oxygen atoms in total. The number of aromatic hydroxyl groups is 1. The number of Topliss-reactive ketones (excluding diaryl/α,β-unsaturated/α-hetero) is 2. The van der Waals surface area contributed by atoms with Crippen LogP contribution >= 0.6 is 0 Å². The summed E-state index contributed by atoms with van der Waals surface area (Å²) >= 11 is 0. The third-order valence-corrected chi connectivity index (χ3v) is 14.2. The van der Waals surface area contributed by atoms with Gasteiger partial charge in [-0.15, -0.1) is 0 Å². The van der Waals surface area contributed by atoms with E-state index < -0.39 is 59.8 Å². The van der Waals surface area contributed by atoms with E-state index in [1.807, 2.05) is 52.0 Å². The summed E-state index contributed by atoms with van der Waals surface area (Å²) in [4.78, 5) is 58.3. The average molecular weight is 893 g/mol. The van der Waals surface area contributed by atoms with Crippen LogP contribution in [0.2, 0.25) is 0 Å². The molecule has 13 heteroatoms. The molecule has 3 aliphatic heterocycles. The normalized spacial score (nSPS) is 35.9. The number of hydrogen-bond acceptors (Lipinski definition) is 12. The smallest absolute Gasteiger partial charge is 0.329 e. The van der Waals surface area contributed by atoms with Crippen molar-refractivity contribution in [3.8, 4) is 5.75 Å². The van der Waals surface area contributed by atoms with Crippen LogP contribution in [-0.4, -0.2) is 114 Å². The van der Waals surface area contributed by atoms with Crippen LogP contribution in [0.1, 0.15) is 124 Å². The van der Waals surface area contributed by atoms with E-state index in [1.165, 1.54) is 4.90 Å².